The third kappa shape index (κ3) is 3.31. The molecule has 9 nitrogen and oxygen atoms in total. The van der Waals surface area contributed by atoms with Gasteiger partial charge in [-0.2, -0.15) is 10.1 Å². The minimum atomic E-state index is -0.436. The normalized spacial score (nSPS) is 15.4. The second kappa shape index (κ2) is 7.84. The maximum atomic E-state index is 14.7. The summed E-state index contributed by atoms with van der Waals surface area (Å²) >= 11 is 0. The number of para-hydroxylation sites is 3. The van der Waals surface area contributed by atoms with Gasteiger partial charge in [0.05, 0.1) is 35.4 Å². The van der Waals surface area contributed by atoms with E-state index in [4.69, 9.17) is 4.74 Å². The van der Waals surface area contributed by atoms with Crippen molar-refractivity contribution in [2.24, 2.45) is 0 Å². The van der Waals surface area contributed by atoms with Gasteiger partial charge >= 0.3 is 0 Å². The SMILES string of the molecule is CN1CC(CNc2ncc3c4n[nH]c(=O)c-4cn(-c4ccccc4F)c3n2)Oc2ccccc21. The highest BCUT2D eigenvalue weighted by molar-refractivity contribution is 5.92. The van der Waals surface area contributed by atoms with Gasteiger partial charge in [-0.25, -0.2) is 14.5 Å². The molecule has 0 spiro atoms. The molecule has 1 atom stereocenters. The highest BCUT2D eigenvalue weighted by atomic mass is 19.1. The van der Waals surface area contributed by atoms with Gasteiger partial charge in [-0.05, 0) is 24.3 Å². The van der Waals surface area contributed by atoms with Gasteiger partial charge in [-0.3, -0.25) is 9.36 Å². The Hall–Kier alpha value is -4.47. The standard InChI is InChI=1S/C24H20FN7O2/c1-31-12-14(34-20-9-5-4-8-19(20)31)10-26-24-27-11-15-21-16(23(33)30-29-21)13-32(22(15)28-24)18-7-3-2-6-17(18)25/h2-9,11,13-14H,10,12H2,1H3,(H,30,33)(H,26,27,28). The first-order valence-electron chi connectivity index (χ1n) is 10.8. The lowest BCUT2D eigenvalue weighted by molar-refractivity contribution is 0.208. The minimum absolute atomic E-state index is 0.116. The number of fused-ring (bicyclic) bond motifs is 4. The van der Waals surface area contributed by atoms with E-state index in [0.717, 1.165) is 11.4 Å². The Morgan fingerprint density at radius 3 is 2.82 bits per heavy atom. The van der Waals surface area contributed by atoms with Crippen LogP contribution in [-0.2, 0) is 0 Å². The first-order chi connectivity index (χ1) is 16.6. The molecule has 3 aromatic rings. The van der Waals surface area contributed by atoms with Gasteiger partial charge in [-0.1, -0.05) is 24.3 Å². The van der Waals surface area contributed by atoms with Crippen molar-refractivity contribution in [1.29, 1.82) is 0 Å². The topological polar surface area (TPSA) is 101 Å². The van der Waals surface area contributed by atoms with E-state index in [1.54, 1.807) is 35.2 Å². The molecule has 0 amide bonds. The number of rotatable bonds is 4. The number of halogens is 1. The molecule has 2 N–H and O–H groups in total. The molecule has 34 heavy (non-hydrogen) atoms. The predicted molar refractivity (Wildman–Crippen MR) is 126 cm³/mol. The lowest BCUT2D eigenvalue weighted by Crippen LogP contribution is -2.41. The van der Waals surface area contributed by atoms with Gasteiger partial charge in [0.2, 0.25) is 5.95 Å². The lowest BCUT2D eigenvalue weighted by Gasteiger charge is -2.33. The van der Waals surface area contributed by atoms with Crippen LogP contribution in [0.5, 0.6) is 5.75 Å². The summed E-state index contributed by atoms with van der Waals surface area (Å²) in [5.74, 6) is 0.753. The van der Waals surface area contributed by atoms with Crippen LogP contribution in [0.25, 0.3) is 28.0 Å². The summed E-state index contributed by atoms with van der Waals surface area (Å²) < 4.78 is 22.3. The zero-order valence-electron chi connectivity index (χ0n) is 18.2. The molecule has 1 aromatic heterocycles. The van der Waals surface area contributed by atoms with E-state index in [9.17, 15) is 9.18 Å². The van der Waals surface area contributed by atoms with Crippen molar-refractivity contribution < 1.29 is 9.13 Å². The molecule has 170 valence electrons. The summed E-state index contributed by atoms with van der Waals surface area (Å²) in [7, 11) is 2.03. The fourth-order valence-corrected chi connectivity index (χ4v) is 4.29. The molecule has 0 saturated heterocycles. The van der Waals surface area contributed by atoms with E-state index in [1.165, 1.54) is 6.07 Å². The predicted octanol–water partition coefficient (Wildman–Crippen LogP) is 3.06. The van der Waals surface area contributed by atoms with Gasteiger partial charge in [0.1, 0.15) is 23.4 Å². The number of hydrogen-bond donors (Lipinski definition) is 2. The van der Waals surface area contributed by atoms with Gasteiger partial charge in [0.15, 0.2) is 5.65 Å². The van der Waals surface area contributed by atoms with Crippen molar-refractivity contribution in [3.8, 4) is 22.7 Å². The van der Waals surface area contributed by atoms with E-state index >= 15 is 0 Å². The van der Waals surface area contributed by atoms with Crippen LogP contribution in [-0.4, -0.2) is 51.0 Å². The van der Waals surface area contributed by atoms with Gasteiger partial charge in [-0.15, -0.1) is 0 Å². The Bertz CT molecular complexity index is 1550. The van der Waals surface area contributed by atoms with E-state index in [1.807, 2.05) is 31.3 Å². The molecule has 0 fully saturated rings. The van der Waals surface area contributed by atoms with Crippen LogP contribution in [0.1, 0.15) is 0 Å². The molecule has 3 aliphatic heterocycles. The maximum Gasteiger partial charge on any atom is 0.275 e. The second-order valence-electron chi connectivity index (χ2n) is 8.17. The number of aromatic amines is 1. The van der Waals surface area contributed by atoms with Crippen LogP contribution in [0.4, 0.5) is 16.0 Å². The monoisotopic (exact) mass is 457 g/mol. The van der Waals surface area contributed by atoms with E-state index < -0.39 is 5.82 Å². The molecular weight excluding hydrogens is 437 g/mol. The Labute approximate surface area is 193 Å². The van der Waals surface area contributed by atoms with Gasteiger partial charge in [0, 0.05) is 19.4 Å². The van der Waals surface area contributed by atoms with Crippen molar-refractivity contribution in [3.05, 3.63) is 77.1 Å². The van der Waals surface area contributed by atoms with E-state index in [2.05, 4.69) is 30.4 Å². The number of aromatic nitrogens is 5. The Morgan fingerprint density at radius 1 is 1.18 bits per heavy atom. The lowest BCUT2D eigenvalue weighted by atomic mass is 10.1. The van der Waals surface area contributed by atoms with Crippen LogP contribution in [0.3, 0.4) is 0 Å². The van der Waals surface area contributed by atoms with E-state index in [-0.39, 0.29) is 17.4 Å². The second-order valence-corrected chi connectivity index (χ2v) is 8.17. The molecule has 0 aliphatic carbocycles. The molecule has 10 heteroatoms. The van der Waals surface area contributed by atoms with Gasteiger partial charge in [0.25, 0.3) is 5.56 Å². The number of nitrogens with one attached hydrogen (secondary N) is 2. The Kier molecular flexibility index (Phi) is 4.65. The summed E-state index contributed by atoms with van der Waals surface area (Å²) in [5, 5.41) is 10.3. The molecule has 0 bridgehead atoms. The molecule has 4 heterocycles. The summed E-state index contributed by atoms with van der Waals surface area (Å²) in [6.45, 7) is 1.17. The highest BCUT2D eigenvalue weighted by Crippen LogP contribution is 2.32. The molecule has 6 rings (SSSR count). The highest BCUT2D eigenvalue weighted by Gasteiger charge is 2.24. The smallest absolute Gasteiger partial charge is 0.275 e. The summed E-state index contributed by atoms with van der Waals surface area (Å²) in [6.07, 6.45) is 3.03. The molecular formula is C24H20FN7O2. The van der Waals surface area contributed by atoms with Crippen molar-refractivity contribution in [2.75, 3.05) is 30.4 Å². The third-order valence-corrected chi connectivity index (χ3v) is 5.93. The minimum Gasteiger partial charge on any atom is -0.485 e. The van der Waals surface area contributed by atoms with Crippen molar-refractivity contribution in [1.82, 2.24) is 24.7 Å². The largest absolute Gasteiger partial charge is 0.485 e. The number of hydrogen-bond acceptors (Lipinski definition) is 7. The summed E-state index contributed by atoms with van der Waals surface area (Å²) in [4.78, 5) is 23.5. The molecule has 0 saturated carbocycles. The first-order valence-corrected chi connectivity index (χ1v) is 10.8. The summed E-state index contributed by atoms with van der Waals surface area (Å²) in [6, 6.07) is 14.2. The maximum absolute atomic E-state index is 14.7. The van der Waals surface area contributed by atoms with Crippen LogP contribution in [0, 0.1) is 5.82 Å². The number of pyridine rings is 1. The Morgan fingerprint density at radius 2 is 1.97 bits per heavy atom. The van der Waals surface area contributed by atoms with Crippen LogP contribution < -0.4 is 20.5 Å². The van der Waals surface area contributed by atoms with E-state index in [0.29, 0.717) is 41.3 Å². The zero-order chi connectivity index (χ0) is 23.2. The number of ether oxygens (including phenoxy) is 1. The number of nitrogens with zero attached hydrogens (tertiary/aromatic N) is 5. The third-order valence-electron chi connectivity index (χ3n) is 5.93. The average molecular weight is 457 g/mol. The molecule has 3 aliphatic rings. The fraction of sp³-hybridized carbons (Fsp3) is 0.167. The van der Waals surface area contributed by atoms with Crippen LogP contribution >= 0.6 is 0 Å². The Balaban J connectivity index is 1.37. The molecule has 1 unspecified atom stereocenters. The number of H-pyrrole nitrogens is 1. The van der Waals surface area contributed by atoms with Crippen LogP contribution in [0.2, 0.25) is 0 Å². The van der Waals surface area contributed by atoms with Crippen molar-refractivity contribution >= 4 is 22.7 Å². The van der Waals surface area contributed by atoms with Gasteiger partial charge < -0.3 is 15.0 Å². The zero-order valence-corrected chi connectivity index (χ0v) is 18.2. The van der Waals surface area contributed by atoms with Crippen molar-refractivity contribution in [2.45, 2.75) is 6.10 Å². The number of anilines is 2. The fourth-order valence-electron chi connectivity index (χ4n) is 4.29. The molecule has 0 radical (unpaired) electrons. The van der Waals surface area contributed by atoms with Crippen LogP contribution in [0.15, 0.2) is 65.7 Å². The quantitative estimate of drug-likeness (QED) is 0.428. The first kappa shape index (κ1) is 20.2. The average Bonchev–Trinajstić information content (AvgIpc) is 3.23. The summed E-state index contributed by atoms with van der Waals surface area (Å²) in [5.41, 5.74) is 2.16. The number of benzene rings is 2. The molecule has 2 aromatic carbocycles. The van der Waals surface area contributed by atoms with Crippen molar-refractivity contribution in [3.63, 3.8) is 0 Å². The number of likely N-dealkylation sites (N-methyl/N-ethyl adjacent to an activating group) is 1.